The Morgan fingerprint density at radius 2 is 0.795 bits per heavy atom. The number of benzene rings is 4. The van der Waals surface area contributed by atoms with Crippen LogP contribution in [0.4, 0.5) is 0 Å². The molecule has 1 aliphatic rings. The molecule has 202 valence electrons. The van der Waals surface area contributed by atoms with Crippen LogP contribution in [0.25, 0.3) is 0 Å². The zero-order valence-electron chi connectivity index (χ0n) is 24.0. The van der Waals surface area contributed by atoms with Crippen LogP contribution in [0.1, 0.15) is 36.1 Å². The van der Waals surface area contributed by atoms with Crippen molar-refractivity contribution in [3.63, 3.8) is 0 Å². The van der Waals surface area contributed by atoms with Crippen LogP contribution >= 0.6 is 15.8 Å². The van der Waals surface area contributed by atoms with E-state index in [1.165, 1.54) is 43.5 Å². The SMILES string of the molecule is Cc1cccc(P(CC2OC(C)(C)OC2CP(c2cccc(C)c2)c2cccc(C)c2)c2cccc(C)c2)c1. The lowest BCUT2D eigenvalue weighted by molar-refractivity contribution is -0.142. The van der Waals surface area contributed by atoms with Gasteiger partial charge in [-0.3, -0.25) is 0 Å². The van der Waals surface area contributed by atoms with Crippen molar-refractivity contribution < 1.29 is 9.47 Å². The number of hydrogen-bond donors (Lipinski definition) is 0. The van der Waals surface area contributed by atoms with E-state index < -0.39 is 21.6 Å². The first-order valence-corrected chi connectivity index (χ1v) is 16.9. The number of rotatable bonds is 8. The fraction of sp³-hybridized carbons (Fsp3) is 0.314. The Hall–Kier alpha value is -2.34. The minimum absolute atomic E-state index is 0.0201. The zero-order chi connectivity index (χ0) is 27.6. The molecule has 0 bridgehead atoms. The Morgan fingerprint density at radius 1 is 0.513 bits per heavy atom. The molecule has 1 saturated heterocycles. The lowest BCUT2D eigenvalue weighted by atomic mass is 10.2. The summed E-state index contributed by atoms with van der Waals surface area (Å²) in [4.78, 5) is 0. The summed E-state index contributed by atoms with van der Waals surface area (Å²) < 4.78 is 13.4. The summed E-state index contributed by atoms with van der Waals surface area (Å²) >= 11 is 0. The molecule has 5 rings (SSSR count). The first-order valence-electron chi connectivity index (χ1n) is 13.8. The molecule has 1 aliphatic heterocycles. The summed E-state index contributed by atoms with van der Waals surface area (Å²) in [6.45, 7) is 12.9. The molecule has 0 aliphatic carbocycles. The Balaban J connectivity index is 1.51. The molecule has 0 radical (unpaired) electrons. The molecule has 0 spiro atoms. The first kappa shape index (κ1) is 28.2. The molecule has 0 aromatic heterocycles. The summed E-state index contributed by atoms with van der Waals surface area (Å²) in [7, 11) is -1.21. The number of ether oxygens (including phenoxy) is 2. The number of hydrogen-bond acceptors (Lipinski definition) is 2. The van der Waals surface area contributed by atoms with Gasteiger partial charge in [-0.2, -0.15) is 0 Å². The van der Waals surface area contributed by atoms with E-state index >= 15 is 0 Å². The molecule has 1 fully saturated rings. The van der Waals surface area contributed by atoms with Crippen LogP contribution in [0.2, 0.25) is 0 Å². The van der Waals surface area contributed by atoms with E-state index in [2.05, 4.69) is 139 Å². The molecule has 39 heavy (non-hydrogen) atoms. The topological polar surface area (TPSA) is 18.5 Å². The van der Waals surface area contributed by atoms with Gasteiger partial charge in [-0.1, -0.05) is 119 Å². The highest BCUT2D eigenvalue weighted by Crippen LogP contribution is 2.44. The second kappa shape index (κ2) is 12.0. The predicted octanol–water partition coefficient (Wildman–Crippen LogP) is 7.01. The molecule has 2 nitrogen and oxygen atoms in total. The molecule has 0 amide bonds. The molecule has 2 atom stereocenters. The Labute approximate surface area is 237 Å². The highest BCUT2D eigenvalue weighted by atomic mass is 31.1. The van der Waals surface area contributed by atoms with E-state index in [9.17, 15) is 0 Å². The van der Waals surface area contributed by atoms with Crippen molar-refractivity contribution in [2.45, 2.75) is 59.5 Å². The summed E-state index contributed by atoms with van der Waals surface area (Å²) in [5.74, 6) is -0.601. The van der Waals surface area contributed by atoms with Crippen LogP contribution in [0.3, 0.4) is 0 Å². The standard InChI is InChI=1S/C35H40O2P2/c1-25-11-7-15-29(19-25)38(30-16-8-12-26(2)20-30)23-33-34(37-35(5,6)36-33)24-39(31-17-9-13-27(3)21-31)32-18-10-14-28(4)22-32/h7-22,33-34H,23-24H2,1-6H3. The van der Waals surface area contributed by atoms with Crippen molar-refractivity contribution in [2.75, 3.05) is 12.3 Å². The van der Waals surface area contributed by atoms with Gasteiger partial charge in [0.15, 0.2) is 5.79 Å². The van der Waals surface area contributed by atoms with Crippen molar-refractivity contribution in [1.82, 2.24) is 0 Å². The monoisotopic (exact) mass is 554 g/mol. The molecule has 1 heterocycles. The van der Waals surface area contributed by atoms with Crippen LogP contribution in [0.15, 0.2) is 97.1 Å². The van der Waals surface area contributed by atoms with Crippen molar-refractivity contribution in [3.05, 3.63) is 119 Å². The first-order chi connectivity index (χ1) is 18.7. The maximum absolute atomic E-state index is 6.72. The summed E-state index contributed by atoms with van der Waals surface area (Å²) in [5, 5.41) is 5.62. The quantitative estimate of drug-likeness (QED) is 0.218. The summed E-state index contributed by atoms with van der Waals surface area (Å²) in [5.41, 5.74) is 5.21. The van der Waals surface area contributed by atoms with E-state index in [1.54, 1.807) is 0 Å². The molecular weight excluding hydrogens is 514 g/mol. The van der Waals surface area contributed by atoms with Crippen molar-refractivity contribution in [2.24, 2.45) is 0 Å². The highest BCUT2D eigenvalue weighted by Gasteiger charge is 2.43. The third kappa shape index (κ3) is 7.06. The second-order valence-corrected chi connectivity index (χ2v) is 15.8. The molecule has 0 saturated carbocycles. The average molecular weight is 555 g/mol. The van der Waals surface area contributed by atoms with Crippen LogP contribution < -0.4 is 21.2 Å². The smallest absolute Gasteiger partial charge is 0.163 e. The third-order valence-corrected chi connectivity index (χ3v) is 12.3. The predicted molar refractivity (Wildman–Crippen MR) is 171 cm³/mol. The molecule has 4 aromatic rings. The van der Waals surface area contributed by atoms with Gasteiger partial charge in [-0.05, 0) is 78.6 Å². The Morgan fingerprint density at radius 3 is 1.05 bits per heavy atom. The van der Waals surface area contributed by atoms with Crippen molar-refractivity contribution in [1.29, 1.82) is 0 Å². The molecular formula is C35H40O2P2. The highest BCUT2D eigenvalue weighted by molar-refractivity contribution is 7.73. The Kier molecular flexibility index (Phi) is 8.70. The summed E-state index contributed by atoms with van der Waals surface area (Å²) in [6.07, 6.45) is 1.93. The minimum atomic E-state index is -0.604. The normalized spacial score (nSPS) is 18.7. The van der Waals surface area contributed by atoms with E-state index in [4.69, 9.17) is 9.47 Å². The van der Waals surface area contributed by atoms with Gasteiger partial charge in [0.25, 0.3) is 0 Å². The van der Waals surface area contributed by atoms with Gasteiger partial charge in [0.2, 0.25) is 0 Å². The number of aryl methyl sites for hydroxylation is 4. The van der Waals surface area contributed by atoms with Gasteiger partial charge in [0.05, 0.1) is 12.2 Å². The van der Waals surface area contributed by atoms with E-state index in [-0.39, 0.29) is 12.2 Å². The van der Waals surface area contributed by atoms with Gasteiger partial charge < -0.3 is 9.47 Å². The van der Waals surface area contributed by atoms with E-state index in [1.807, 2.05) is 0 Å². The maximum Gasteiger partial charge on any atom is 0.163 e. The van der Waals surface area contributed by atoms with Gasteiger partial charge in [0.1, 0.15) is 0 Å². The van der Waals surface area contributed by atoms with Gasteiger partial charge in [-0.15, -0.1) is 0 Å². The summed E-state index contributed by atoms with van der Waals surface area (Å²) in [6, 6.07) is 36.1. The zero-order valence-corrected chi connectivity index (χ0v) is 25.8. The van der Waals surface area contributed by atoms with Crippen LogP contribution in [0.5, 0.6) is 0 Å². The van der Waals surface area contributed by atoms with E-state index in [0.717, 1.165) is 12.3 Å². The van der Waals surface area contributed by atoms with Crippen LogP contribution in [0, 0.1) is 27.7 Å². The molecule has 4 aromatic carbocycles. The van der Waals surface area contributed by atoms with Crippen molar-refractivity contribution >= 4 is 37.1 Å². The lowest BCUT2D eigenvalue weighted by Gasteiger charge is -2.28. The maximum atomic E-state index is 6.72. The average Bonchev–Trinajstić information content (AvgIpc) is 3.18. The molecule has 4 heteroatoms. The molecule has 2 unspecified atom stereocenters. The third-order valence-electron chi connectivity index (χ3n) is 7.26. The Bertz CT molecular complexity index is 1230. The fourth-order valence-corrected chi connectivity index (χ4v) is 10.8. The van der Waals surface area contributed by atoms with Gasteiger partial charge in [-0.25, -0.2) is 0 Å². The minimum Gasteiger partial charge on any atom is -0.344 e. The van der Waals surface area contributed by atoms with Crippen LogP contribution in [-0.4, -0.2) is 30.3 Å². The lowest BCUT2D eigenvalue weighted by Crippen LogP contribution is -2.33. The molecule has 0 N–H and O–H groups in total. The second-order valence-electron chi connectivity index (χ2n) is 11.3. The van der Waals surface area contributed by atoms with Gasteiger partial charge in [0, 0.05) is 12.3 Å². The van der Waals surface area contributed by atoms with Crippen LogP contribution in [-0.2, 0) is 9.47 Å². The van der Waals surface area contributed by atoms with E-state index in [0.29, 0.717) is 0 Å². The van der Waals surface area contributed by atoms with Crippen molar-refractivity contribution in [3.8, 4) is 0 Å². The fourth-order valence-electron chi connectivity index (χ4n) is 5.48. The van der Waals surface area contributed by atoms with Gasteiger partial charge >= 0.3 is 0 Å². The largest absolute Gasteiger partial charge is 0.344 e.